The van der Waals surface area contributed by atoms with Gasteiger partial charge in [0.05, 0.1) is 24.8 Å². The van der Waals surface area contributed by atoms with Gasteiger partial charge in [0, 0.05) is 19.1 Å². The van der Waals surface area contributed by atoms with Crippen LogP contribution in [0.2, 0.25) is 0 Å². The topological polar surface area (TPSA) is 86.3 Å². The van der Waals surface area contributed by atoms with Crippen LogP contribution in [0.4, 0.5) is 4.79 Å². The average molecular weight is 370 g/mol. The lowest BCUT2D eigenvalue weighted by Crippen LogP contribution is -2.66. The highest BCUT2D eigenvalue weighted by Crippen LogP contribution is 2.31. The number of rotatable bonds is 6. The van der Waals surface area contributed by atoms with Crippen LogP contribution in [-0.4, -0.2) is 98.4 Å². The van der Waals surface area contributed by atoms with Crippen LogP contribution in [0, 0.1) is 0 Å². The lowest BCUT2D eigenvalue weighted by molar-refractivity contribution is -0.177. The first-order chi connectivity index (χ1) is 12.5. The number of hydrogen-bond acceptors (Lipinski definition) is 6. The Bertz CT molecular complexity index is 472. The summed E-state index contributed by atoms with van der Waals surface area (Å²) in [5.41, 5.74) is 0. The number of amides is 2. The summed E-state index contributed by atoms with van der Waals surface area (Å²) in [6.45, 7) is 2.05. The van der Waals surface area contributed by atoms with Crippen molar-refractivity contribution in [3.8, 4) is 0 Å². The van der Waals surface area contributed by atoms with Crippen LogP contribution in [0.5, 0.6) is 0 Å². The number of fused-ring (bicyclic) bond motifs is 2. The quantitative estimate of drug-likeness (QED) is 0.609. The van der Waals surface area contributed by atoms with E-state index in [0.29, 0.717) is 6.61 Å². The summed E-state index contributed by atoms with van der Waals surface area (Å²) in [7, 11) is 6.00. The summed E-state index contributed by atoms with van der Waals surface area (Å²) >= 11 is 0. The molecule has 2 saturated heterocycles. The Labute approximate surface area is 156 Å². The van der Waals surface area contributed by atoms with Gasteiger partial charge < -0.3 is 30.1 Å². The average Bonchev–Trinajstić information content (AvgIpc) is 3.03. The molecule has 0 aromatic rings. The van der Waals surface area contributed by atoms with Gasteiger partial charge >= 0.3 is 6.03 Å². The van der Waals surface area contributed by atoms with Crippen molar-refractivity contribution in [2.75, 3.05) is 40.8 Å². The van der Waals surface area contributed by atoms with Gasteiger partial charge in [-0.1, -0.05) is 19.3 Å². The monoisotopic (exact) mass is 370 g/mol. The first-order valence-corrected chi connectivity index (χ1v) is 9.83. The Morgan fingerprint density at radius 3 is 2.54 bits per heavy atom. The smallest absolute Gasteiger partial charge is 0.315 e. The van der Waals surface area contributed by atoms with Crippen LogP contribution >= 0.6 is 0 Å². The normalized spacial score (nSPS) is 35.1. The Hall–Kier alpha value is -0.930. The van der Waals surface area contributed by atoms with Gasteiger partial charge in [-0.15, -0.1) is 0 Å². The third kappa shape index (κ3) is 4.67. The van der Waals surface area contributed by atoms with Crippen LogP contribution in [0.3, 0.4) is 0 Å². The molecule has 150 valence electrons. The maximum atomic E-state index is 12.4. The summed E-state index contributed by atoms with van der Waals surface area (Å²) in [5, 5.41) is 16.9. The van der Waals surface area contributed by atoms with Crippen molar-refractivity contribution in [3.05, 3.63) is 0 Å². The molecule has 2 aliphatic heterocycles. The number of likely N-dealkylation sites (N-methyl/N-ethyl adjacent to an activating group) is 2. The molecular weight excluding hydrogens is 336 g/mol. The maximum absolute atomic E-state index is 12.4. The molecule has 0 unspecified atom stereocenters. The van der Waals surface area contributed by atoms with E-state index in [1.165, 1.54) is 6.42 Å². The van der Waals surface area contributed by atoms with E-state index in [0.717, 1.165) is 38.8 Å². The molecule has 3 N–H and O–H groups in total. The first kappa shape index (κ1) is 19.8. The van der Waals surface area contributed by atoms with Crippen LogP contribution in [0.15, 0.2) is 0 Å². The SMILES string of the molecule is CN(C)CCN(C)[C@H]1[C@@H]2OC[C@@H](O2)[C@@H](NC(=O)NC2CCCCC2)[C@@H]1O. The number of urea groups is 1. The Kier molecular flexibility index (Phi) is 6.74. The van der Waals surface area contributed by atoms with Crippen molar-refractivity contribution in [3.63, 3.8) is 0 Å². The van der Waals surface area contributed by atoms with Gasteiger partial charge in [0.1, 0.15) is 6.10 Å². The standard InChI is InChI=1S/C18H34N4O4/c1-21(2)9-10-22(3)15-16(23)14(13-11-25-17(15)26-13)20-18(24)19-12-7-5-4-6-8-12/h12-17,23H,4-11H2,1-3H3,(H2,19,20,24)/t13-,14-,15-,16+,17-/m1/s1. The minimum absolute atomic E-state index is 0.218. The molecule has 2 bridgehead atoms. The summed E-state index contributed by atoms with van der Waals surface area (Å²) < 4.78 is 11.7. The van der Waals surface area contributed by atoms with Crippen LogP contribution in [0.25, 0.3) is 0 Å². The highest BCUT2D eigenvalue weighted by molar-refractivity contribution is 5.74. The van der Waals surface area contributed by atoms with Gasteiger partial charge in [0.2, 0.25) is 0 Å². The van der Waals surface area contributed by atoms with Gasteiger partial charge in [-0.25, -0.2) is 4.79 Å². The van der Waals surface area contributed by atoms with E-state index in [4.69, 9.17) is 9.47 Å². The molecule has 3 rings (SSSR count). The molecule has 1 aliphatic carbocycles. The second-order valence-electron chi connectivity index (χ2n) is 8.12. The minimum Gasteiger partial charge on any atom is -0.389 e. The van der Waals surface area contributed by atoms with Gasteiger partial charge in [0.25, 0.3) is 0 Å². The lowest BCUT2D eigenvalue weighted by atomic mass is 9.94. The van der Waals surface area contributed by atoms with E-state index in [1.54, 1.807) is 0 Å². The molecule has 0 aromatic carbocycles. The van der Waals surface area contributed by atoms with E-state index in [2.05, 4.69) is 20.4 Å². The second-order valence-corrected chi connectivity index (χ2v) is 8.12. The Morgan fingerprint density at radius 1 is 1.12 bits per heavy atom. The van der Waals surface area contributed by atoms with Gasteiger partial charge in [-0.3, -0.25) is 4.90 Å². The fourth-order valence-corrected chi connectivity index (χ4v) is 4.18. The fraction of sp³-hybridized carbons (Fsp3) is 0.944. The second kappa shape index (κ2) is 8.84. The summed E-state index contributed by atoms with van der Waals surface area (Å²) in [6, 6.07) is -0.751. The lowest BCUT2D eigenvalue weighted by Gasteiger charge is -2.43. The third-order valence-corrected chi connectivity index (χ3v) is 5.78. The van der Waals surface area contributed by atoms with Crippen molar-refractivity contribution < 1.29 is 19.4 Å². The Balaban J connectivity index is 1.58. The van der Waals surface area contributed by atoms with E-state index in [9.17, 15) is 9.90 Å². The molecule has 8 nitrogen and oxygen atoms in total. The van der Waals surface area contributed by atoms with Gasteiger partial charge in [-0.2, -0.15) is 0 Å². The van der Waals surface area contributed by atoms with Crippen molar-refractivity contribution >= 4 is 6.03 Å². The number of nitrogens with zero attached hydrogens (tertiary/aromatic N) is 2. The number of aliphatic hydroxyl groups excluding tert-OH is 1. The fourth-order valence-electron chi connectivity index (χ4n) is 4.18. The van der Waals surface area contributed by atoms with Crippen LogP contribution < -0.4 is 10.6 Å². The number of ether oxygens (including phenoxy) is 2. The molecule has 26 heavy (non-hydrogen) atoms. The summed E-state index contributed by atoms with van der Waals surface area (Å²) in [4.78, 5) is 16.6. The molecule has 5 atom stereocenters. The number of aliphatic hydroxyl groups is 1. The van der Waals surface area contributed by atoms with Crippen molar-refractivity contribution in [1.29, 1.82) is 0 Å². The highest BCUT2D eigenvalue weighted by Gasteiger charge is 2.52. The Morgan fingerprint density at radius 2 is 1.85 bits per heavy atom. The molecule has 0 aromatic heterocycles. The zero-order valence-electron chi connectivity index (χ0n) is 16.2. The number of carbonyl (C=O) groups is 1. The van der Waals surface area contributed by atoms with Crippen molar-refractivity contribution in [1.82, 2.24) is 20.4 Å². The zero-order valence-corrected chi connectivity index (χ0v) is 16.2. The summed E-state index contributed by atoms with van der Waals surface area (Å²) in [5.74, 6) is 0. The van der Waals surface area contributed by atoms with Crippen LogP contribution in [0.1, 0.15) is 32.1 Å². The maximum Gasteiger partial charge on any atom is 0.315 e. The minimum atomic E-state index is -0.731. The van der Waals surface area contributed by atoms with Gasteiger partial charge in [-0.05, 0) is 34.0 Å². The van der Waals surface area contributed by atoms with E-state index in [1.807, 2.05) is 21.1 Å². The highest BCUT2D eigenvalue weighted by atomic mass is 16.7. The predicted molar refractivity (Wildman–Crippen MR) is 97.9 cm³/mol. The number of hydrogen-bond donors (Lipinski definition) is 3. The molecule has 3 fully saturated rings. The molecule has 0 spiro atoms. The number of carbonyl (C=O) groups excluding carboxylic acids is 1. The van der Waals surface area contributed by atoms with Crippen molar-refractivity contribution in [2.24, 2.45) is 0 Å². The molecule has 3 aliphatic rings. The molecule has 1 saturated carbocycles. The van der Waals surface area contributed by atoms with E-state index in [-0.39, 0.29) is 24.2 Å². The van der Waals surface area contributed by atoms with Crippen molar-refractivity contribution in [2.45, 2.75) is 68.7 Å². The molecular formula is C18H34N4O4. The number of nitrogens with one attached hydrogen (secondary N) is 2. The molecule has 8 heteroatoms. The molecule has 2 amide bonds. The zero-order chi connectivity index (χ0) is 18.7. The molecule has 2 heterocycles. The van der Waals surface area contributed by atoms with E-state index >= 15 is 0 Å². The predicted octanol–water partition coefficient (Wildman–Crippen LogP) is -0.0351. The van der Waals surface area contributed by atoms with Crippen LogP contribution in [-0.2, 0) is 9.47 Å². The summed E-state index contributed by atoms with van der Waals surface area (Å²) in [6.07, 6.45) is 4.16. The third-order valence-electron chi connectivity index (χ3n) is 5.78. The van der Waals surface area contributed by atoms with Gasteiger partial charge in [0.15, 0.2) is 6.29 Å². The first-order valence-electron chi connectivity index (χ1n) is 9.83. The van der Waals surface area contributed by atoms with E-state index < -0.39 is 18.4 Å². The largest absolute Gasteiger partial charge is 0.389 e. The molecule has 0 radical (unpaired) electrons.